The van der Waals surface area contributed by atoms with Crippen LogP contribution < -0.4 is 10.6 Å². The van der Waals surface area contributed by atoms with Gasteiger partial charge in [0.05, 0.1) is 12.6 Å². The van der Waals surface area contributed by atoms with Gasteiger partial charge in [-0.05, 0) is 17.5 Å². The van der Waals surface area contributed by atoms with E-state index in [9.17, 15) is 14.7 Å². The van der Waals surface area contributed by atoms with Crippen molar-refractivity contribution >= 4 is 11.9 Å². The predicted molar refractivity (Wildman–Crippen MR) is 74.7 cm³/mol. The zero-order valence-corrected chi connectivity index (χ0v) is 11.6. The lowest BCUT2D eigenvalue weighted by Crippen LogP contribution is -2.60. The molecule has 1 unspecified atom stereocenters. The number of rotatable bonds is 3. The molecule has 1 aromatic rings. The Morgan fingerprint density at radius 2 is 2.10 bits per heavy atom. The molecular weight excluding hydrogens is 272 g/mol. The van der Waals surface area contributed by atoms with Gasteiger partial charge in [-0.15, -0.1) is 0 Å². The van der Waals surface area contributed by atoms with Gasteiger partial charge in [0.25, 0.3) is 0 Å². The van der Waals surface area contributed by atoms with E-state index in [1.165, 1.54) is 5.56 Å². The Morgan fingerprint density at radius 3 is 2.76 bits per heavy atom. The highest BCUT2D eigenvalue weighted by Crippen LogP contribution is 2.21. The number of amides is 1. The van der Waals surface area contributed by atoms with E-state index in [-0.39, 0.29) is 12.5 Å². The van der Waals surface area contributed by atoms with E-state index in [1.807, 2.05) is 24.3 Å². The third-order valence-electron chi connectivity index (χ3n) is 4.19. The molecule has 2 heterocycles. The molecule has 0 spiro atoms. The van der Waals surface area contributed by atoms with Gasteiger partial charge < -0.3 is 20.5 Å². The van der Waals surface area contributed by atoms with E-state index in [0.717, 1.165) is 5.56 Å². The van der Waals surface area contributed by atoms with Crippen molar-refractivity contribution in [3.63, 3.8) is 0 Å². The van der Waals surface area contributed by atoms with Gasteiger partial charge in [0.2, 0.25) is 5.91 Å². The molecule has 6 nitrogen and oxygen atoms in total. The second kappa shape index (κ2) is 5.46. The Balaban J connectivity index is 1.71. The maximum Gasteiger partial charge on any atom is 0.331 e. The summed E-state index contributed by atoms with van der Waals surface area (Å²) in [6.45, 7) is 0.996. The van der Waals surface area contributed by atoms with Crippen LogP contribution in [-0.4, -0.2) is 41.8 Å². The monoisotopic (exact) mass is 290 g/mol. The van der Waals surface area contributed by atoms with Crippen molar-refractivity contribution in [3.05, 3.63) is 35.4 Å². The van der Waals surface area contributed by atoms with Crippen molar-refractivity contribution in [1.82, 2.24) is 10.6 Å². The number of carboxylic acid groups (broad SMARTS) is 1. The van der Waals surface area contributed by atoms with E-state index < -0.39 is 17.6 Å². The fourth-order valence-corrected chi connectivity index (χ4v) is 2.85. The van der Waals surface area contributed by atoms with Crippen LogP contribution in [0, 0.1) is 0 Å². The third kappa shape index (κ3) is 2.64. The number of benzene rings is 1. The normalized spacial score (nSPS) is 27.9. The zero-order valence-electron chi connectivity index (χ0n) is 11.6. The average molecular weight is 290 g/mol. The Morgan fingerprint density at radius 1 is 1.33 bits per heavy atom. The van der Waals surface area contributed by atoms with Gasteiger partial charge in [-0.25, -0.2) is 4.79 Å². The number of ether oxygens (including phenoxy) is 1. The van der Waals surface area contributed by atoms with E-state index >= 15 is 0 Å². The number of carbonyl (C=O) groups excluding carboxylic acids is 1. The number of hydrogen-bond donors (Lipinski definition) is 3. The van der Waals surface area contributed by atoms with Gasteiger partial charge in [-0.3, -0.25) is 4.79 Å². The lowest BCUT2D eigenvalue weighted by atomic mass is 9.93. The summed E-state index contributed by atoms with van der Waals surface area (Å²) in [4.78, 5) is 23.8. The summed E-state index contributed by atoms with van der Waals surface area (Å²) < 4.78 is 5.15. The first-order valence-electron chi connectivity index (χ1n) is 7.04. The first kappa shape index (κ1) is 14.0. The lowest BCUT2D eigenvalue weighted by Gasteiger charge is -2.30. The Hall–Kier alpha value is -1.92. The molecule has 1 aromatic carbocycles. The molecule has 112 valence electrons. The molecule has 0 saturated carbocycles. The maximum absolute atomic E-state index is 12.4. The topological polar surface area (TPSA) is 87.7 Å². The van der Waals surface area contributed by atoms with Crippen LogP contribution in [0.5, 0.6) is 0 Å². The van der Waals surface area contributed by atoms with Crippen LogP contribution in [0.3, 0.4) is 0 Å². The minimum atomic E-state index is -1.28. The minimum absolute atomic E-state index is 0.0252. The summed E-state index contributed by atoms with van der Waals surface area (Å²) in [6.07, 6.45) is 0.871. The largest absolute Gasteiger partial charge is 0.479 e. The molecule has 1 fully saturated rings. The van der Waals surface area contributed by atoms with Crippen LogP contribution in [0.2, 0.25) is 0 Å². The van der Waals surface area contributed by atoms with E-state index in [4.69, 9.17) is 4.74 Å². The highest BCUT2D eigenvalue weighted by atomic mass is 16.5. The second-order valence-corrected chi connectivity index (χ2v) is 5.59. The van der Waals surface area contributed by atoms with Crippen molar-refractivity contribution in [2.24, 2.45) is 0 Å². The summed E-state index contributed by atoms with van der Waals surface area (Å²) in [6, 6.07) is 7.54. The molecule has 3 rings (SSSR count). The smallest absolute Gasteiger partial charge is 0.331 e. The van der Waals surface area contributed by atoms with Crippen molar-refractivity contribution in [1.29, 1.82) is 0 Å². The van der Waals surface area contributed by atoms with Crippen molar-refractivity contribution in [2.45, 2.75) is 31.0 Å². The van der Waals surface area contributed by atoms with Gasteiger partial charge in [0, 0.05) is 19.6 Å². The number of hydrogen-bond acceptors (Lipinski definition) is 4. The van der Waals surface area contributed by atoms with Crippen LogP contribution in [0.1, 0.15) is 17.5 Å². The SMILES string of the molecule is O=C(NC1(C(=O)O)CCOC1)[C@@H]1Cc2ccccc2CN1. The molecule has 0 radical (unpaired) electrons. The number of fused-ring (bicyclic) bond motifs is 1. The molecule has 0 aromatic heterocycles. The first-order chi connectivity index (χ1) is 10.1. The number of carboxylic acids is 1. The summed E-state index contributed by atoms with van der Waals surface area (Å²) in [5.41, 5.74) is 1.03. The molecule has 6 heteroatoms. The number of aliphatic carboxylic acids is 1. The molecule has 2 aliphatic heterocycles. The molecule has 1 amide bonds. The van der Waals surface area contributed by atoms with Gasteiger partial charge in [-0.1, -0.05) is 24.3 Å². The van der Waals surface area contributed by atoms with Gasteiger partial charge in [-0.2, -0.15) is 0 Å². The van der Waals surface area contributed by atoms with Crippen molar-refractivity contribution < 1.29 is 19.4 Å². The minimum Gasteiger partial charge on any atom is -0.479 e. The summed E-state index contributed by atoms with van der Waals surface area (Å²) in [5, 5.41) is 15.2. The van der Waals surface area contributed by atoms with Crippen LogP contribution in [-0.2, 0) is 27.3 Å². The molecule has 3 N–H and O–H groups in total. The van der Waals surface area contributed by atoms with E-state index in [2.05, 4.69) is 10.6 Å². The summed E-state index contributed by atoms with van der Waals surface area (Å²) in [7, 11) is 0. The molecule has 2 aliphatic rings. The average Bonchev–Trinajstić information content (AvgIpc) is 2.96. The van der Waals surface area contributed by atoms with Crippen LogP contribution in [0.15, 0.2) is 24.3 Å². The first-order valence-corrected chi connectivity index (χ1v) is 7.04. The third-order valence-corrected chi connectivity index (χ3v) is 4.19. The molecule has 0 bridgehead atoms. The van der Waals surface area contributed by atoms with E-state index in [1.54, 1.807) is 0 Å². The second-order valence-electron chi connectivity index (χ2n) is 5.59. The maximum atomic E-state index is 12.4. The fraction of sp³-hybridized carbons (Fsp3) is 0.467. The quantitative estimate of drug-likeness (QED) is 0.733. The molecule has 2 atom stereocenters. The zero-order chi connectivity index (χ0) is 14.9. The molecule has 0 aliphatic carbocycles. The number of nitrogens with one attached hydrogen (secondary N) is 2. The standard InChI is InChI=1S/C15H18N2O4/c18-13(17-15(14(19)20)5-6-21-9-15)12-7-10-3-1-2-4-11(10)8-16-12/h1-4,12,16H,5-9H2,(H,17,18)(H,19,20)/t12-,15?/m0/s1. The summed E-state index contributed by atoms with van der Waals surface area (Å²) in [5.74, 6) is -1.32. The van der Waals surface area contributed by atoms with Crippen molar-refractivity contribution in [2.75, 3.05) is 13.2 Å². The van der Waals surface area contributed by atoms with Gasteiger partial charge in [0.15, 0.2) is 5.54 Å². The van der Waals surface area contributed by atoms with Crippen LogP contribution in [0.4, 0.5) is 0 Å². The van der Waals surface area contributed by atoms with Crippen molar-refractivity contribution in [3.8, 4) is 0 Å². The van der Waals surface area contributed by atoms with Gasteiger partial charge >= 0.3 is 5.97 Å². The Labute approximate surface area is 122 Å². The predicted octanol–water partition coefficient (Wildman–Crippen LogP) is 0.0608. The molecule has 21 heavy (non-hydrogen) atoms. The van der Waals surface area contributed by atoms with Crippen LogP contribution >= 0.6 is 0 Å². The highest BCUT2D eigenvalue weighted by molar-refractivity contribution is 5.90. The summed E-state index contributed by atoms with van der Waals surface area (Å²) >= 11 is 0. The highest BCUT2D eigenvalue weighted by Gasteiger charge is 2.45. The lowest BCUT2D eigenvalue weighted by molar-refractivity contribution is -0.148. The molecule has 1 saturated heterocycles. The Bertz CT molecular complexity index is 567. The van der Waals surface area contributed by atoms with E-state index in [0.29, 0.717) is 26.0 Å². The van der Waals surface area contributed by atoms with Crippen LogP contribution in [0.25, 0.3) is 0 Å². The fourth-order valence-electron chi connectivity index (χ4n) is 2.85. The molecular formula is C15H18N2O4. The number of carbonyl (C=O) groups is 2. The van der Waals surface area contributed by atoms with Gasteiger partial charge in [0.1, 0.15) is 0 Å². The Kier molecular flexibility index (Phi) is 3.65.